The third kappa shape index (κ3) is 7.49. The second-order valence-corrected chi connectivity index (χ2v) is 20.5. The summed E-state index contributed by atoms with van der Waals surface area (Å²) < 4.78 is 0. The Morgan fingerprint density at radius 2 is 0.450 bits per heavy atom. The predicted octanol–water partition coefficient (Wildman–Crippen LogP) is 19.0. The highest BCUT2D eigenvalue weighted by atomic mass is 15.0. The van der Waals surface area contributed by atoms with Crippen LogP contribution in [0.25, 0.3) is 166 Å². The summed E-state index contributed by atoms with van der Waals surface area (Å²) in [6, 6.07) is 94.7. The van der Waals surface area contributed by atoms with E-state index in [1.54, 1.807) is 0 Å². The first-order chi connectivity index (χ1) is 39.6. The molecule has 16 aromatic rings. The molecule has 0 bridgehead atoms. The normalized spacial score (nSPS) is 11.8. The van der Waals surface area contributed by atoms with Crippen molar-refractivity contribution in [2.75, 3.05) is 0 Å². The zero-order valence-electron chi connectivity index (χ0n) is 43.1. The predicted molar refractivity (Wildman–Crippen MR) is 331 cm³/mol. The van der Waals surface area contributed by atoms with Gasteiger partial charge in [-0.3, -0.25) is 0 Å². The van der Waals surface area contributed by atoms with Crippen LogP contribution in [0.15, 0.2) is 267 Å². The van der Waals surface area contributed by atoms with E-state index in [0.29, 0.717) is 34.9 Å². The molecule has 2 heterocycles. The van der Waals surface area contributed by atoms with Gasteiger partial charge in [0.05, 0.1) is 0 Å². The van der Waals surface area contributed by atoms with E-state index >= 15 is 0 Å². The van der Waals surface area contributed by atoms with Gasteiger partial charge in [0.15, 0.2) is 34.9 Å². The monoisotopic (exact) mass is 1020 g/mol. The first-order valence-electron chi connectivity index (χ1n) is 27.0. The Hall–Kier alpha value is -10.8. The van der Waals surface area contributed by atoms with Crippen molar-refractivity contribution >= 4 is 86.2 Å². The number of hydrogen-bond donors (Lipinski definition) is 0. The Kier molecular flexibility index (Phi) is 10.5. The molecule has 80 heavy (non-hydrogen) atoms. The largest absolute Gasteiger partial charge is 0.208 e. The summed E-state index contributed by atoms with van der Waals surface area (Å²) in [5, 5.41) is 19.1. The van der Waals surface area contributed by atoms with Gasteiger partial charge in [0.2, 0.25) is 0 Å². The molecule has 0 aliphatic heterocycles. The van der Waals surface area contributed by atoms with Crippen LogP contribution in [0.1, 0.15) is 0 Å². The lowest BCUT2D eigenvalue weighted by Crippen LogP contribution is -2.00. The second-order valence-electron chi connectivity index (χ2n) is 20.5. The van der Waals surface area contributed by atoms with Crippen molar-refractivity contribution in [2.45, 2.75) is 0 Å². The number of aromatic nitrogens is 6. The van der Waals surface area contributed by atoms with E-state index in [1.807, 2.05) is 97.1 Å². The third-order valence-electron chi connectivity index (χ3n) is 15.9. The molecule has 14 aromatic carbocycles. The van der Waals surface area contributed by atoms with E-state index in [2.05, 4.69) is 170 Å². The molecular formula is C74H44N6. The summed E-state index contributed by atoms with van der Waals surface area (Å²) in [5.74, 6) is 3.81. The van der Waals surface area contributed by atoms with E-state index in [-0.39, 0.29) is 0 Å². The molecule has 370 valence electrons. The van der Waals surface area contributed by atoms with Crippen molar-refractivity contribution in [3.63, 3.8) is 0 Å². The van der Waals surface area contributed by atoms with Crippen molar-refractivity contribution in [1.82, 2.24) is 29.9 Å². The van der Waals surface area contributed by atoms with Gasteiger partial charge in [0.25, 0.3) is 0 Å². The number of hydrogen-bond acceptors (Lipinski definition) is 6. The number of rotatable bonds is 7. The van der Waals surface area contributed by atoms with Crippen LogP contribution in [0, 0.1) is 0 Å². The van der Waals surface area contributed by atoms with Gasteiger partial charge < -0.3 is 0 Å². The number of fused-ring (bicyclic) bond motifs is 16. The average Bonchev–Trinajstić information content (AvgIpc) is 3.61. The molecule has 0 N–H and O–H groups in total. The summed E-state index contributed by atoms with van der Waals surface area (Å²) in [6.45, 7) is 0. The molecule has 0 atom stereocenters. The molecule has 6 heteroatoms. The van der Waals surface area contributed by atoms with Crippen LogP contribution in [0.4, 0.5) is 0 Å². The molecule has 0 aliphatic carbocycles. The fourth-order valence-corrected chi connectivity index (χ4v) is 12.2. The highest BCUT2D eigenvalue weighted by Crippen LogP contribution is 2.46. The second kappa shape index (κ2) is 18.4. The Morgan fingerprint density at radius 1 is 0.163 bits per heavy atom. The summed E-state index contributed by atoms with van der Waals surface area (Å²) >= 11 is 0. The summed E-state index contributed by atoms with van der Waals surface area (Å²) in [6.07, 6.45) is 0. The van der Waals surface area contributed by atoms with Crippen LogP contribution in [0.5, 0.6) is 0 Å². The molecule has 2 aromatic heterocycles. The van der Waals surface area contributed by atoms with Gasteiger partial charge in [-0.25, -0.2) is 29.9 Å². The maximum Gasteiger partial charge on any atom is 0.164 e. The van der Waals surface area contributed by atoms with E-state index in [1.165, 1.54) is 81.0 Å². The van der Waals surface area contributed by atoms with E-state index in [0.717, 1.165) is 49.7 Å². The topological polar surface area (TPSA) is 77.3 Å². The Labute approximate surface area is 460 Å². The zero-order chi connectivity index (χ0) is 52.7. The van der Waals surface area contributed by atoms with Gasteiger partial charge in [-0.2, -0.15) is 0 Å². The van der Waals surface area contributed by atoms with Gasteiger partial charge in [0.1, 0.15) is 0 Å². The average molecular weight is 1020 g/mol. The lowest BCUT2D eigenvalue weighted by atomic mass is 9.85. The lowest BCUT2D eigenvalue weighted by Gasteiger charge is -2.18. The highest BCUT2D eigenvalue weighted by Gasteiger charge is 2.21. The highest BCUT2D eigenvalue weighted by molar-refractivity contribution is 6.35. The minimum atomic E-state index is 0.626. The molecular weight excluding hydrogens is 973 g/mol. The molecule has 6 nitrogen and oxygen atoms in total. The Morgan fingerprint density at radius 3 is 0.925 bits per heavy atom. The van der Waals surface area contributed by atoms with Crippen molar-refractivity contribution in [2.24, 2.45) is 0 Å². The molecule has 16 rings (SSSR count). The van der Waals surface area contributed by atoms with E-state index in [9.17, 15) is 0 Å². The summed E-state index contributed by atoms with van der Waals surface area (Å²) in [5.41, 5.74) is 7.94. The van der Waals surface area contributed by atoms with Crippen LogP contribution in [-0.2, 0) is 0 Å². The fourth-order valence-electron chi connectivity index (χ4n) is 12.2. The molecule has 0 fully saturated rings. The fraction of sp³-hybridized carbons (Fsp3) is 0. The van der Waals surface area contributed by atoms with Crippen molar-refractivity contribution in [3.8, 4) is 79.5 Å². The first-order valence-corrected chi connectivity index (χ1v) is 27.0. The third-order valence-corrected chi connectivity index (χ3v) is 15.9. The van der Waals surface area contributed by atoms with Crippen molar-refractivity contribution < 1.29 is 0 Å². The van der Waals surface area contributed by atoms with Crippen LogP contribution >= 0.6 is 0 Å². The van der Waals surface area contributed by atoms with Gasteiger partial charge in [-0.05, 0) is 122 Å². The van der Waals surface area contributed by atoms with E-state index < -0.39 is 0 Å². The molecule has 0 saturated heterocycles. The van der Waals surface area contributed by atoms with Gasteiger partial charge >= 0.3 is 0 Å². The molecule has 0 unspecified atom stereocenters. The lowest BCUT2D eigenvalue weighted by molar-refractivity contribution is 1.07. The van der Waals surface area contributed by atoms with Crippen LogP contribution in [0.2, 0.25) is 0 Å². The van der Waals surface area contributed by atoms with Gasteiger partial charge in [0, 0.05) is 33.4 Å². The zero-order valence-corrected chi connectivity index (χ0v) is 43.1. The molecule has 0 amide bonds. The van der Waals surface area contributed by atoms with Crippen molar-refractivity contribution in [1.29, 1.82) is 0 Å². The number of nitrogens with zero attached hydrogens (tertiary/aromatic N) is 6. The Bertz CT molecular complexity index is 5050. The minimum absolute atomic E-state index is 0.626. The van der Waals surface area contributed by atoms with E-state index in [4.69, 9.17) is 29.9 Å². The maximum absolute atomic E-state index is 5.16. The standard InChI is InChI=1S/C74H44N6/c1-5-19-45(20-6-1)69-75-70(46-21-7-2-8-22-46)78-73(77-69)51-35-37-53-49(41-51)34-40-62-56-29-15-13-27-54(56)59-38-33-50(42-64(59)67(53)62)63-44-66-57-30-16-14-28-55(57)60-39-36-52(43-65(60)68(66)61-32-18-17-31-58(61)63)74-79-71(47-23-9-3-10-24-47)76-72(80-74)48-25-11-4-12-26-48/h1-44H. The van der Waals surface area contributed by atoms with Crippen molar-refractivity contribution in [3.05, 3.63) is 267 Å². The Balaban J connectivity index is 0.906. The maximum atomic E-state index is 5.16. The van der Waals surface area contributed by atoms with Gasteiger partial charge in [-0.1, -0.05) is 243 Å². The first kappa shape index (κ1) is 45.4. The van der Waals surface area contributed by atoms with Crippen LogP contribution in [-0.4, -0.2) is 29.9 Å². The quantitative estimate of drug-likeness (QED) is 0.148. The van der Waals surface area contributed by atoms with Crippen LogP contribution in [0.3, 0.4) is 0 Å². The SMILES string of the molecule is c1ccc(-c2nc(-c3ccccc3)nc(-c3ccc4c(ccc5c6ccccc6c6ccc(-c7cc8c9ccccc9c9ccc(-c%10nc(-c%11ccccc%11)nc(-c%11ccccc%11)n%10)cc9c8c8ccccc78)cc6c45)c3)n2)cc1. The van der Waals surface area contributed by atoms with Gasteiger partial charge in [-0.15, -0.1) is 0 Å². The number of benzene rings is 14. The smallest absolute Gasteiger partial charge is 0.164 e. The molecule has 0 saturated carbocycles. The minimum Gasteiger partial charge on any atom is -0.208 e. The summed E-state index contributed by atoms with van der Waals surface area (Å²) in [4.78, 5) is 30.5. The van der Waals surface area contributed by atoms with Crippen LogP contribution < -0.4 is 0 Å². The molecule has 0 aliphatic rings. The summed E-state index contributed by atoms with van der Waals surface area (Å²) in [7, 11) is 0. The molecule has 0 spiro atoms. The molecule has 0 radical (unpaired) electrons.